The number of piperidine rings is 1. The average molecular weight is 440 g/mol. The molecule has 0 atom stereocenters. The van der Waals surface area contributed by atoms with Crippen LogP contribution in [0.3, 0.4) is 0 Å². The van der Waals surface area contributed by atoms with Crippen LogP contribution in [0.5, 0.6) is 5.75 Å². The number of hydrogen-bond acceptors (Lipinski definition) is 4. The lowest BCUT2D eigenvalue weighted by atomic mass is 9.97. The van der Waals surface area contributed by atoms with Crippen LogP contribution in [0.1, 0.15) is 38.7 Å². The fourth-order valence-electron chi connectivity index (χ4n) is 4.12. The summed E-state index contributed by atoms with van der Waals surface area (Å²) >= 11 is 0. The quantitative estimate of drug-likeness (QED) is 0.607. The van der Waals surface area contributed by atoms with Gasteiger partial charge in [-0.2, -0.15) is 0 Å². The molecule has 0 spiro atoms. The second-order valence-corrected chi connectivity index (χ2v) is 8.31. The van der Waals surface area contributed by atoms with Crippen molar-refractivity contribution in [1.82, 2.24) is 4.90 Å². The highest BCUT2D eigenvalue weighted by Crippen LogP contribution is 2.37. The topological polar surface area (TPSA) is 49.9 Å². The van der Waals surface area contributed by atoms with Crippen molar-refractivity contribution in [2.24, 2.45) is 5.92 Å². The van der Waals surface area contributed by atoms with E-state index in [1.807, 2.05) is 11.8 Å². The van der Waals surface area contributed by atoms with Gasteiger partial charge in [-0.25, -0.2) is 13.7 Å². The molecule has 168 valence electrons. The minimum atomic E-state index is -0.956. The molecular weight excluding hydrogens is 414 g/mol. The van der Waals surface area contributed by atoms with Crippen LogP contribution in [0, 0.1) is 17.6 Å². The maximum atomic E-state index is 14.5. The summed E-state index contributed by atoms with van der Waals surface area (Å²) in [4.78, 5) is 29.6. The molecule has 4 rings (SSSR count). The number of benzene rings is 2. The maximum absolute atomic E-state index is 14.5. The van der Waals surface area contributed by atoms with Gasteiger partial charge in [0.2, 0.25) is 0 Å². The number of rotatable bonds is 6. The molecule has 2 heterocycles. The van der Waals surface area contributed by atoms with Gasteiger partial charge in [0.05, 0.1) is 17.9 Å². The van der Waals surface area contributed by atoms with Gasteiger partial charge >= 0.3 is 0 Å². The molecule has 2 aliphatic heterocycles. The largest absolute Gasteiger partial charge is 0.494 e. The molecule has 0 N–H and O–H groups in total. The second-order valence-electron chi connectivity index (χ2n) is 8.31. The molecule has 32 heavy (non-hydrogen) atoms. The highest BCUT2D eigenvalue weighted by atomic mass is 19.1. The summed E-state index contributed by atoms with van der Waals surface area (Å²) < 4.78 is 33.6. The van der Waals surface area contributed by atoms with E-state index < -0.39 is 23.4 Å². The Kier molecular flexibility index (Phi) is 6.26. The lowest BCUT2D eigenvalue weighted by Gasteiger charge is -2.32. The second kappa shape index (κ2) is 9.10. The van der Waals surface area contributed by atoms with E-state index in [4.69, 9.17) is 4.74 Å². The Morgan fingerprint density at radius 3 is 2.31 bits per heavy atom. The van der Waals surface area contributed by atoms with Crippen LogP contribution in [0.25, 0.3) is 5.57 Å². The fourth-order valence-corrected chi connectivity index (χ4v) is 4.12. The van der Waals surface area contributed by atoms with Crippen molar-refractivity contribution in [2.45, 2.75) is 33.1 Å². The average Bonchev–Trinajstić information content (AvgIpc) is 3.03. The molecule has 0 aromatic heterocycles. The number of halogens is 2. The fraction of sp³-hybridized carbons (Fsp3) is 0.360. The van der Waals surface area contributed by atoms with Gasteiger partial charge in [0.25, 0.3) is 11.8 Å². The molecule has 2 aromatic carbocycles. The Balaban J connectivity index is 1.76. The SMILES string of the molecule is CCCOc1ccc(C2=C(N3CCC(C)CC3)C(=O)N(c3ccc(F)cc3F)C2=O)cc1. The Labute approximate surface area is 186 Å². The molecule has 7 heteroatoms. The Morgan fingerprint density at radius 1 is 1.00 bits per heavy atom. The van der Waals surface area contributed by atoms with Gasteiger partial charge in [-0.3, -0.25) is 9.59 Å². The van der Waals surface area contributed by atoms with Gasteiger partial charge in [0.15, 0.2) is 0 Å². The Hall–Kier alpha value is -3.22. The first kappa shape index (κ1) is 22.0. The molecule has 0 saturated carbocycles. The van der Waals surface area contributed by atoms with E-state index in [1.165, 1.54) is 0 Å². The Morgan fingerprint density at radius 2 is 1.69 bits per heavy atom. The van der Waals surface area contributed by atoms with E-state index in [0.29, 0.717) is 43.0 Å². The standard InChI is InChI=1S/C25H26F2N2O3/c1-3-14-32-19-7-4-17(5-8-19)22-23(28-12-10-16(2)11-13-28)25(31)29(24(22)30)21-9-6-18(26)15-20(21)27/h4-9,15-16H,3,10-14H2,1-2H3. The van der Waals surface area contributed by atoms with Gasteiger partial charge in [-0.1, -0.05) is 26.0 Å². The molecule has 0 radical (unpaired) electrons. The lowest BCUT2D eigenvalue weighted by Crippen LogP contribution is -2.38. The number of carbonyl (C=O) groups is 2. The monoisotopic (exact) mass is 440 g/mol. The zero-order valence-electron chi connectivity index (χ0n) is 18.2. The van der Waals surface area contributed by atoms with Crippen molar-refractivity contribution < 1.29 is 23.1 Å². The van der Waals surface area contributed by atoms with Gasteiger partial charge in [-0.15, -0.1) is 0 Å². The van der Waals surface area contributed by atoms with Gasteiger partial charge in [-0.05, 0) is 55.0 Å². The molecule has 2 aliphatic rings. The first-order valence-electron chi connectivity index (χ1n) is 11.0. The number of ether oxygens (including phenoxy) is 1. The highest BCUT2D eigenvalue weighted by molar-refractivity contribution is 6.45. The van der Waals surface area contributed by atoms with Crippen LogP contribution >= 0.6 is 0 Å². The summed E-state index contributed by atoms with van der Waals surface area (Å²) in [5, 5.41) is 0. The zero-order valence-corrected chi connectivity index (χ0v) is 18.2. The van der Waals surface area contributed by atoms with Crippen LogP contribution in [0.2, 0.25) is 0 Å². The van der Waals surface area contributed by atoms with Crippen molar-refractivity contribution in [1.29, 1.82) is 0 Å². The van der Waals surface area contributed by atoms with Crippen LogP contribution in [0.15, 0.2) is 48.2 Å². The van der Waals surface area contributed by atoms with Crippen LogP contribution < -0.4 is 9.64 Å². The third-order valence-electron chi connectivity index (χ3n) is 5.93. The first-order chi connectivity index (χ1) is 15.4. The van der Waals surface area contributed by atoms with E-state index in [1.54, 1.807) is 24.3 Å². The van der Waals surface area contributed by atoms with E-state index in [9.17, 15) is 18.4 Å². The van der Waals surface area contributed by atoms with Gasteiger partial charge in [0, 0.05) is 19.2 Å². The number of imide groups is 1. The van der Waals surface area contributed by atoms with Crippen LogP contribution in [0.4, 0.5) is 14.5 Å². The zero-order chi connectivity index (χ0) is 22.8. The van der Waals surface area contributed by atoms with Crippen molar-refractivity contribution in [3.63, 3.8) is 0 Å². The van der Waals surface area contributed by atoms with Crippen molar-refractivity contribution >= 4 is 23.1 Å². The third-order valence-corrected chi connectivity index (χ3v) is 5.93. The molecule has 0 unspecified atom stereocenters. The van der Waals surface area contributed by atoms with Crippen molar-refractivity contribution in [3.8, 4) is 5.75 Å². The smallest absolute Gasteiger partial charge is 0.282 e. The normalized spacial score (nSPS) is 17.5. The molecule has 2 amide bonds. The molecule has 1 fully saturated rings. The number of nitrogens with zero attached hydrogens (tertiary/aromatic N) is 2. The summed E-state index contributed by atoms with van der Waals surface area (Å²) in [5.41, 5.74) is 0.816. The third kappa shape index (κ3) is 4.11. The predicted octanol–water partition coefficient (Wildman–Crippen LogP) is 4.77. The highest BCUT2D eigenvalue weighted by Gasteiger charge is 2.43. The molecule has 5 nitrogen and oxygen atoms in total. The number of carbonyl (C=O) groups excluding carboxylic acids is 2. The van der Waals surface area contributed by atoms with E-state index >= 15 is 0 Å². The Bertz CT molecular complexity index is 1060. The minimum absolute atomic E-state index is 0.232. The van der Waals surface area contributed by atoms with E-state index in [-0.39, 0.29) is 17.0 Å². The van der Waals surface area contributed by atoms with E-state index in [0.717, 1.165) is 36.3 Å². The number of hydrogen-bond donors (Lipinski definition) is 0. The molecule has 0 bridgehead atoms. The summed E-state index contributed by atoms with van der Waals surface area (Å²) in [5.74, 6) is -1.73. The summed E-state index contributed by atoms with van der Waals surface area (Å²) in [6.07, 6.45) is 2.66. The predicted molar refractivity (Wildman–Crippen MR) is 118 cm³/mol. The summed E-state index contributed by atoms with van der Waals surface area (Å²) in [7, 11) is 0. The number of anilines is 1. The van der Waals surface area contributed by atoms with E-state index in [2.05, 4.69) is 6.92 Å². The molecule has 1 saturated heterocycles. The van der Waals surface area contributed by atoms with Crippen LogP contribution in [-0.4, -0.2) is 36.4 Å². The maximum Gasteiger partial charge on any atom is 0.282 e. The summed E-state index contributed by atoms with van der Waals surface area (Å²) in [6, 6.07) is 9.83. The first-order valence-corrected chi connectivity index (χ1v) is 11.0. The number of likely N-dealkylation sites (tertiary alicyclic amines) is 1. The van der Waals surface area contributed by atoms with Crippen molar-refractivity contribution in [3.05, 3.63) is 65.4 Å². The summed E-state index contributed by atoms with van der Waals surface area (Å²) in [6.45, 7) is 6.02. The number of amides is 2. The molecule has 2 aromatic rings. The van der Waals surface area contributed by atoms with Crippen molar-refractivity contribution in [2.75, 3.05) is 24.6 Å². The molecule has 0 aliphatic carbocycles. The minimum Gasteiger partial charge on any atom is -0.494 e. The lowest BCUT2D eigenvalue weighted by molar-refractivity contribution is -0.120. The van der Waals surface area contributed by atoms with Crippen LogP contribution in [-0.2, 0) is 9.59 Å². The molecular formula is C25H26F2N2O3. The van der Waals surface area contributed by atoms with Gasteiger partial charge in [0.1, 0.15) is 23.1 Å². The van der Waals surface area contributed by atoms with Gasteiger partial charge < -0.3 is 9.64 Å².